The van der Waals surface area contributed by atoms with Crippen molar-refractivity contribution in [2.24, 2.45) is 17.3 Å². The van der Waals surface area contributed by atoms with Gasteiger partial charge in [0.25, 0.3) is 0 Å². The van der Waals surface area contributed by atoms with Crippen molar-refractivity contribution in [2.75, 3.05) is 6.61 Å². The second-order valence-corrected chi connectivity index (χ2v) is 8.14. The van der Waals surface area contributed by atoms with E-state index in [0.717, 1.165) is 11.1 Å². The van der Waals surface area contributed by atoms with E-state index >= 15 is 0 Å². The molecule has 3 nitrogen and oxygen atoms in total. The Morgan fingerprint density at radius 2 is 1.92 bits per heavy atom. The number of hydrogen-bond acceptors (Lipinski definition) is 3. The third-order valence-electron chi connectivity index (χ3n) is 6.57. The first-order valence-corrected chi connectivity index (χ1v) is 8.75. The van der Waals surface area contributed by atoms with Gasteiger partial charge in [-0.05, 0) is 45.4 Å². The molecule has 1 heterocycles. The summed E-state index contributed by atoms with van der Waals surface area (Å²) in [6.45, 7) is 3.61. The topological polar surface area (TPSA) is 35.5 Å². The Morgan fingerprint density at radius 1 is 1.17 bits per heavy atom. The van der Waals surface area contributed by atoms with Gasteiger partial charge in [-0.15, -0.1) is 0 Å². The molecule has 0 bridgehead atoms. The Balaban J connectivity index is 1.77. The van der Waals surface area contributed by atoms with Gasteiger partial charge in [0.2, 0.25) is 0 Å². The minimum atomic E-state index is -4.29. The van der Waals surface area contributed by atoms with Crippen LogP contribution in [0, 0.1) is 17.3 Å². The van der Waals surface area contributed by atoms with Gasteiger partial charge in [0.1, 0.15) is 5.78 Å². The zero-order chi connectivity index (χ0) is 17.3. The molecule has 3 aliphatic carbocycles. The molecule has 0 N–H and O–H groups in total. The van der Waals surface area contributed by atoms with E-state index in [2.05, 4.69) is 0 Å². The molecular formula is C18H23F3O3. The Labute approximate surface area is 139 Å². The Bertz CT molecular complexity index is 607. The molecule has 1 aliphatic heterocycles. The van der Waals surface area contributed by atoms with Gasteiger partial charge < -0.3 is 9.47 Å². The SMILES string of the molecule is CC1(C)OC[C@@H]2[C@@H](C[C@H]3C4=C(CC[C@]23C(F)(F)F)CC(=O)CC4)O1. The maximum Gasteiger partial charge on any atom is 0.395 e. The van der Waals surface area contributed by atoms with Crippen molar-refractivity contribution in [3.8, 4) is 0 Å². The van der Waals surface area contributed by atoms with Crippen LogP contribution in [0.5, 0.6) is 0 Å². The molecule has 0 radical (unpaired) electrons. The summed E-state index contributed by atoms with van der Waals surface area (Å²) in [7, 11) is 0. The average Bonchev–Trinajstić information content (AvgIpc) is 2.79. The summed E-state index contributed by atoms with van der Waals surface area (Å²) >= 11 is 0. The number of Topliss-reactive ketones (excluding diaryl/α,β-unsaturated/α-hetero) is 1. The fourth-order valence-corrected chi connectivity index (χ4v) is 5.55. The van der Waals surface area contributed by atoms with Gasteiger partial charge in [-0.25, -0.2) is 0 Å². The maximum atomic E-state index is 14.3. The van der Waals surface area contributed by atoms with E-state index in [1.165, 1.54) is 0 Å². The smallest absolute Gasteiger partial charge is 0.350 e. The van der Waals surface area contributed by atoms with Crippen molar-refractivity contribution in [3.63, 3.8) is 0 Å². The van der Waals surface area contributed by atoms with Crippen molar-refractivity contribution < 1.29 is 27.4 Å². The van der Waals surface area contributed by atoms with Crippen LogP contribution in [0.15, 0.2) is 11.1 Å². The van der Waals surface area contributed by atoms with Crippen LogP contribution in [0.1, 0.15) is 52.4 Å². The van der Waals surface area contributed by atoms with Gasteiger partial charge in [-0.2, -0.15) is 13.2 Å². The molecule has 6 heteroatoms. The number of fused-ring (bicyclic) bond motifs is 4. The van der Waals surface area contributed by atoms with E-state index in [4.69, 9.17) is 9.47 Å². The number of alkyl halides is 3. The van der Waals surface area contributed by atoms with E-state index in [1.54, 1.807) is 13.8 Å². The first kappa shape index (κ1) is 16.6. The standard InChI is InChI=1S/C18H23F3O3/c1-16(2)23-9-14-15(24-16)8-13-12-4-3-11(22)7-10(12)5-6-17(13,14)18(19,20)21/h13-15H,3-9H2,1-2H3/t13-,14+,15+,17+/m0/s1. The molecule has 2 fully saturated rings. The fraction of sp³-hybridized carbons (Fsp3) is 0.833. The molecule has 4 rings (SSSR count). The highest BCUT2D eigenvalue weighted by Crippen LogP contribution is 2.67. The van der Waals surface area contributed by atoms with E-state index in [9.17, 15) is 18.0 Å². The lowest BCUT2D eigenvalue weighted by Crippen LogP contribution is -2.54. The number of allylic oxidation sites excluding steroid dienone is 2. The number of carbonyl (C=O) groups is 1. The quantitative estimate of drug-likeness (QED) is 0.619. The Kier molecular flexibility index (Phi) is 3.50. The highest BCUT2D eigenvalue weighted by Gasteiger charge is 2.71. The monoisotopic (exact) mass is 344 g/mol. The molecule has 4 atom stereocenters. The predicted molar refractivity (Wildman–Crippen MR) is 80.1 cm³/mol. The van der Waals surface area contributed by atoms with Crippen LogP contribution in [-0.2, 0) is 14.3 Å². The van der Waals surface area contributed by atoms with Crippen molar-refractivity contribution >= 4 is 5.78 Å². The Hall–Kier alpha value is -0.880. The molecule has 24 heavy (non-hydrogen) atoms. The third-order valence-corrected chi connectivity index (χ3v) is 6.57. The van der Waals surface area contributed by atoms with Crippen LogP contribution >= 0.6 is 0 Å². The zero-order valence-electron chi connectivity index (χ0n) is 14.0. The summed E-state index contributed by atoms with van der Waals surface area (Å²) in [5, 5.41) is 0. The summed E-state index contributed by atoms with van der Waals surface area (Å²) in [5.74, 6) is -1.88. The summed E-state index contributed by atoms with van der Waals surface area (Å²) < 4.78 is 54.4. The van der Waals surface area contributed by atoms with Gasteiger partial charge in [-0.3, -0.25) is 4.79 Å². The van der Waals surface area contributed by atoms with Crippen molar-refractivity contribution in [2.45, 2.75) is 70.4 Å². The van der Waals surface area contributed by atoms with Crippen LogP contribution < -0.4 is 0 Å². The number of halogens is 3. The van der Waals surface area contributed by atoms with Gasteiger partial charge in [0, 0.05) is 18.8 Å². The minimum absolute atomic E-state index is 0.0571. The molecule has 4 aliphatic rings. The molecule has 134 valence electrons. The highest BCUT2D eigenvalue weighted by molar-refractivity contribution is 5.82. The zero-order valence-corrected chi connectivity index (χ0v) is 14.0. The fourth-order valence-electron chi connectivity index (χ4n) is 5.55. The molecule has 0 spiro atoms. The van der Waals surface area contributed by atoms with Crippen LogP contribution in [-0.4, -0.2) is 30.5 Å². The first-order valence-electron chi connectivity index (χ1n) is 8.75. The van der Waals surface area contributed by atoms with E-state index in [1.807, 2.05) is 0 Å². The van der Waals surface area contributed by atoms with E-state index in [0.29, 0.717) is 32.1 Å². The largest absolute Gasteiger partial charge is 0.395 e. The number of hydrogen-bond donors (Lipinski definition) is 0. The van der Waals surface area contributed by atoms with E-state index in [-0.39, 0.29) is 18.8 Å². The molecule has 0 aromatic heterocycles. The van der Waals surface area contributed by atoms with Crippen molar-refractivity contribution in [3.05, 3.63) is 11.1 Å². The van der Waals surface area contributed by atoms with Crippen LogP contribution in [0.4, 0.5) is 13.2 Å². The van der Waals surface area contributed by atoms with Crippen LogP contribution in [0.2, 0.25) is 0 Å². The molecule has 0 aromatic carbocycles. The lowest BCUT2D eigenvalue weighted by molar-refractivity contribution is -0.323. The third kappa shape index (κ3) is 2.22. The Morgan fingerprint density at radius 3 is 2.62 bits per heavy atom. The second kappa shape index (κ2) is 5.07. The first-order chi connectivity index (χ1) is 11.1. The number of ether oxygens (including phenoxy) is 2. The summed E-state index contributed by atoms with van der Waals surface area (Å²) in [4.78, 5) is 11.7. The van der Waals surface area contributed by atoms with Gasteiger partial charge in [0.05, 0.1) is 18.1 Å². The van der Waals surface area contributed by atoms with Gasteiger partial charge >= 0.3 is 6.18 Å². The predicted octanol–water partition coefficient (Wildman–Crippen LogP) is 4.17. The van der Waals surface area contributed by atoms with Gasteiger partial charge in [0.15, 0.2) is 5.79 Å². The van der Waals surface area contributed by atoms with Crippen LogP contribution in [0.3, 0.4) is 0 Å². The van der Waals surface area contributed by atoms with Gasteiger partial charge in [-0.1, -0.05) is 11.1 Å². The maximum absolute atomic E-state index is 14.3. The molecule has 1 saturated heterocycles. The summed E-state index contributed by atoms with van der Waals surface area (Å²) in [5.41, 5.74) is 0.108. The van der Waals surface area contributed by atoms with Crippen molar-refractivity contribution in [1.82, 2.24) is 0 Å². The number of carbonyl (C=O) groups excluding carboxylic acids is 1. The lowest BCUT2D eigenvalue weighted by Gasteiger charge is -2.49. The number of ketones is 1. The minimum Gasteiger partial charge on any atom is -0.350 e. The molecule has 0 unspecified atom stereocenters. The molecule has 1 saturated carbocycles. The second-order valence-electron chi connectivity index (χ2n) is 8.14. The van der Waals surface area contributed by atoms with Crippen molar-refractivity contribution in [1.29, 1.82) is 0 Å². The van der Waals surface area contributed by atoms with E-state index < -0.39 is 35.3 Å². The number of rotatable bonds is 0. The summed E-state index contributed by atoms with van der Waals surface area (Å²) in [6.07, 6.45) is -2.68. The lowest BCUT2D eigenvalue weighted by atomic mass is 9.59. The average molecular weight is 344 g/mol. The summed E-state index contributed by atoms with van der Waals surface area (Å²) in [6, 6.07) is 0. The highest BCUT2D eigenvalue weighted by atomic mass is 19.4. The molecular weight excluding hydrogens is 321 g/mol. The van der Waals surface area contributed by atoms with Crippen LogP contribution in [0.25, 0.3) is 0 Å². The molecule has 0 aromatic rings. The molecule has 0 amide bonds. The normalized spacial score (nSPS) is 41.7.